The van der Waals surface area contributed by atoms with Crippen LogP contribution in [0.1, 0.15) is 26.5 Å². The normalized spacial score (nSPS) is 14.9. The molecule has 0 saturated carbocycles. The lowest BCUT2D eigenvalue weighted by Gasteiger charge is -2.18. The Balaban J connectivity index is 1.01. The highest BCUT2D eigenvalue weighted by Gasteiger charge is 2.21. The van der Waals surface area contributed by atoms with E-state index in [1.54, 1.807) is 27.3 Å². The molecule has 1 saturated heterocycles. The van der Waals surface area contributed by atoms with E-state index < -0.39 is 60.4 Å². The van der Waals surface area contributed by atoms with E-state index in [1.165, 1.54) is 0 Å². The summed E-state index contributed by atoms with van der Waals surface area (Å²) in [5.41, 5.74) is 7.38. The largest absolute Gasteiger partial charge is 0.458 e. The van der Waals surface area contributed by atoms with Gasteiger partial charge in [-0.3, -0.25) is 13.7 Å². The highest BCUT2D eigenvalue weighted by Crippen LogP contribution is 2.39. The van der Waals surface area contributed by atoms with Crippen molar-refractivity contribution in [1.82, 2.24) is 14.1 Å². The first kappa shape index (κ1) is 28.4. The van der Waals surface area contributed by atoms with Gasteiger partial charge in [-0.05, 0) is 94.8 Å². The number of nitrogens with zero attached hydrogens (tertiary/aromatic N) is 5. The summed E-state index contributed by atoms with van der Waals surface area (Å²) in [5, 5.41) is 2.12. The quantitative estimate of drug-likeness (QED) is 0.107. The SMILES string of the molecule is [2H]c1c([2H])c([2H])c(-c2cccc(-c3c([2H])c([2H])c([2H])c([2H])c3[2H])c2-[n+]2[c-]n(-c3cccc(Oc4ccc5c6cc(-c7ccccc7)ccc6n(-c6cc(N7CCCC7)ccn6)c5c4)c3)c3ccccc32)c([2H])c1[2H]. The van der Waals surface area contributed by atoms with Crippen LogP contribution in [0.5, 0.6) is 11.5 Å². The molecule has 6 nitrogen and oxygen atoms in total. The standard InChI is InChI=1S/C58H43N5O/c1-4-16-41(17-5-1)44-28-31-53-52(36-44)51-30-29-48(39-56(51)63(53)57-38-45(32-33-59-57)60-34-12-13-35-60)64-47-23-14-22-46(37-47)61-40-62(55-27-11-10-26-54(55)61)58-49(42-18-6-2-7-19-42)24-15-25-50(58)43-20-8-3-9-21-43/h1-11,14-33,36-39H,12-13,34-35H2/i2D,3D,6D,7D,8D,9D,18D,19D,20D,21D. The molecule has 3 aromatic heterocycles. The van der Waals surface area contributed by atoms with Gasteiger partial charge >= 0.3 is 0 Å². The Kier molecular flexibility index (Phi) is 7.06. The predicted octanol–water partition coefficient (Wildman–Crippen LogP) is 13.6. The fourth-order valence-corrected chi connectivity index (χ4v) is 9.02. The Morgan fingerprint density at radius 3 is 2.03 bits per heavy atom. The molecule has 0 unspecified atom stereocenters. The number of fused-ring (bicyclic) bond motifs is 4. The Morgan fingerprint density at radius 2 is 1.25 bits per heavy atom. The van der Waals surface area contributed by atoms with Gasteiger partial charge in [-0.1, -0.05) is 145 Å². The van der Waals surface area contributed by atoms with Crippen molar-refractivity contribution >= 4 is 38.5 Å². The lowest BCUT2D eigenvalue weighted by atomic mass is 9.95. The lowest BCUT2D eigenvalue weighted by molar-refractivity contribution is -0.571. The maximum atomic E-state index is 9.04. The second kappa shape index (κ2) is 15.9. The Labute approximate surface area is 386 Å². The molecule has 12 rings (SSSR count). The van der Waals surface area contributed by atoms with E-state index in [0.29, 0.717) is 28.2 Å². The summed E-state index contributed by atoms with van der Waals surface area (Å²) in [7, 11) is 0. The topological polar surface area (TPSA) is 39.1 Å². The second-order valence-electron chi connectivity index (χ2n) is 15.7. The lowest BCUT2D eigenvalue weighted by Crippen LogP contribution is -2.31. The van der Waals surface area contributed by atoms with Gasteiger partial charge in [0.05, 0.1) is 47.1 Å². The van der Waals surface area contributed by atoms with Gasteiger partial charge in [0, 0.05) is 47.9 Å². The summed E-state index contributed by atoms with van der Waals surface area (Å²) in [4.78, 5) is 7.33. The molecule has 0 atom stereocenters. The van der Waals surface area contributed by atoms with Crippen LogP contribution in [0.4, 0.5) is 5.69 Å². The molecule has 4 heterocycles. The molecule has 1 fully saturated rings. The molecule has 0 amide bonds. The van der Waals surface area contributed by atoms with Crippen molar-refractivity contribution in [2.45, 2.75) is 12.8 Å². The minimum absolute atomic E-state index is 0.129. The number of rotatable bonds is 9. The van der Waals surface area contributed by atoms with Crippen LogP contribution in [0.2, 0.25) is 0 Å². The number of hydrogen-bond donors (Lipinski definition) is 0. The minimum Gasteiger partial charge on any atom is -0.458 e. The average Bonchev–Trinajstić information content (AvgIpc) is 4.19. The van der Waals surface area contributed by atoms with E-state index in [9.17, 15) is 0 Å². The van der Waals surface area contributed by atoms with Crippen molar-refractivity contribution in [2.75, 3.05) is 18.0 Å². The van der Waals surface area contributed by atoms with Gasteiger partial charge in [0.2, 0.25) is 0 Å². The van der Waals surface area contributed by atoms with Gasteiger partial charge in [0.25, 0.3) is 6.33 Å². The number of aromatic nitrogens is 4. The zero-order valence-corrected chi connectivity index (χ0v) is 34.4. The third-order valence-electron chi connectivity index (χ3n) is 11.9. The Hall–Kier alpha value is -8.22. The highest BCUT2D eigenvalue weighted by molar-refractivity contribution is 6.10. The molecule has 0 radical (unpaired) electrons. The van der Waals surface area contributed by atoms with E-state index >= 15 is 0 Å². The average molecular weight is 836 g/mol. The molecule has 0 N–H and O–H groups in total. The molecule has 6 heteroatoms. The number of imidazole rings is 1. The summed E-state index contributed by atoms with van der Waals surface area (Å²) < 4.78 is 99.6. The van der Waals surface area contributed by atoms with E-state index in [1.807, 2.05) is 85.1 Å². The van der Waals surface area contributed by atoms with Crippen molar-refractivity contribution in [1.29, 1.82) is 0 Å². The number of benzene rings is 8. The van der Waals surface area contributed by atoms with Crippen LogP contribution in [0.3, 0.4) is 0 Å². The van der Waals surface area contributed by atoms with Crippen molar-refractivity contribution in [3.05, 3.63) is 219 Å². The molecule has 306 valence electrons. The van der Waals surface area contributed by atoms with Gasteiger partial charge < -0.3 is 9.64 Å². The Morgan fingerprint density at radius 1 is 0.531 bits per heavy atom. The van der Waals surface area contributed by atoms with E-state index in [0.717, 1.165) is 70.4 Å². The summed E-state index contributed by atoms with van der Waals surface area (Å²) in [5.74, 6) is 1.90. The van der Waals surface area contributed by atoms with E-state index in [4.69, 9.17) is 23.4 Å². The molecule has 0 spiro atoms. The summed E-state index contributed by atoms with van der Waals surface area (Å²) in [6.45, 7) is 2.01. The summed E-state index contributed by atoms with van der Waals surface area (Å²) >= 11 is 0. The minimum atomic E-state index is -0.565. The monoisotopic (exact) mass is 835 g/mol. The fourth-order valence-electron chi connectivity index (χ4n) is 9.02. The molecule has 1 aliphatic heterocycles. The highest BCUT2D eigenvalue weighted by atomic mass is 16.5. The van der Waals surface area contributed by atoms with Gasteiger partial charge in [-0.15, -0.1) is 0 Å². The zero-order chi connectivity index (χ0) is 51.1. The number of para-hydroxylation sites is 3. The van der Waals surface area contributed by atoms with Crippen LogP contribution in [0, 0.1) is 6.33 Å². The van der Waals surface area contributed by atoms with Crippen LogP contribution >= 0.6 is 0 Å². The maximum absolute atomic E-state index is 9.04. The van der Waals surface area contributed by atoms with Crippen molar-refractivity contribution in [2.24, 2.45) is 0 Å². The van der Waals surface area contributed by atoms with Crippen molar-refractivity contribution in [3.63, 3.8) is 0 Å². The molecule has 0 bridgehead atoms. The van der Waals surface area contributed by atoms with Crippen LogP contribution in [-0.2, 0) is 0 Å². The van der Waals surface area contributed by atoms with Crippen LogP contribution in [-0.4, -0.2) is 27.2 Å². The Bertz CT molecular complexity index is 3950. The molecule has 11 aromatic rings. The molecular weight excluding hydrogens is 783 g/mol. The molecule has 8 aromatic carbocycles. The number of anilines is 1. The fraction of sp³-hybridized carbons (Fsp3) is 0.0690. The van der Waals surface area contributed by atoms with E-state index in [2.05, 4.69) is 64.3 Å². The number of pyridine rings is 1. The first-order chi connectivity index (χ1) is 35.9. The summed E-state index contributed by atoms with van der Waals surface area (Å²) in [6.07, 6.45) is 7.64. The molecule has 0 aliphatic carbocycles. The number of hydrogen-bond acceptors (Lipinski definition) is 3. The second-order valence-corrected chi connectivity index (χ2v) is 15.7. The smallest absolute Gasteiger partial charge is 0.269 e. The molecular formula is C58H43N5O. The third kappa shape index (κ3) is 6.68. The first-order valence-electron chi connectivity index (χ1n) is 26.2. The van der Waals surface area contributed by atoms with Crippen molar-refractivity contribution < 1.29 is 23.0 Å². The zero-order valence-electron chi connectivity index (χ0n) is 44.4. The molecule has 1 aliphatic rings. The van der Waals surface area contributed by atoms with E-state index in [-0.39, 0.29) is 27.9 Å². The first-order valence-corrected chi connectivity index (χ1v) is 21.2. The van der Waals surface area contributed by atoms with Crippen molar-refractivity contribution in [3.8, 4) is 62.1 Å². The van der Waals surface area contributed by atoms with Gasteiger partial charge in [0.15, 0.2) is 0 Å². The predicted molar refractivity (Wildman–Crippen MR) is 260 cm³/mol. The number of ether oxygens (including phenoxy) is 1. The third-order valence-corrected chi connectivity index (χ3v) is 11.9. The maximum Gasteiger partial charge on any atom is 0.269 e. The van der Waals surface area contributed by atoms with Crippen LogP contribution in [0.15, 0.2) is 212 Å². The molecule has 64 heavy (non-hydrogen) atoms. The van der Waals surface area contributed by atoms with Gasteiger partial charge in [-0.2, -0.15) is 0 Å². The van der Waals surface area contributed by atoms with Crippen LogP contribution < -0.4 is 14.2 Å². The van der Waals surface area contributed by atoms with Gasteiger partial charge in [0.1, 0.15) is 17.3 Å². The van der Waals surface area contributed by atoms with Gasteiger partial charge in [-0.25, -0.2) is 4.98 Å². The van der Waals surface area contributed by atoms with Crippen LogP contribution in [0.25, 0.3) is 83.4 Å². The summed E-state index contributed by atoms with van der Waals surface area (Å²) in [6, 6.07) is 41.7.